The summed E-state index contributed by atoms with van der Waals surface area (Å²) in [5.41, 5.74) is 0. The van der Waals surface area contributed by atoms with Gasteiger partial charge in [-0.2, -0.15) is 0 Å². The first-order chi connectivity index (χ1) is 7.36. The molecule has 15 heavy (non-hydrogen) atoms. The van der Waals surface area contributed by atoms with Crippen molar-refractivity contribution in [2.45, 2.75) is 51.7 Å². The van der Waals surface area contributed by atoms with Gasteiger partial charge in [-0.3, -0.25) is 0 Å². The molecule has 1 rings (SSSR count). The quantitative estimate of drug-likeness (QED) is 0.596. The van der Waals surface area contributed by atoms with Gasteiger partial charge >= 0.3 is 0 Å². The molecule has 1 aliphatic heterocycles. The predicted molar refractivity (Wildman–Crippen MR) is 62.2 cm³/mol. The van der Waals surface area contributed by atoms with E-state index in [0.29, 0.717) is 12.1 Å². The van der Waals surface area contributed by atoms with Crippen LogP contribution in [0.4, 0.5) is 0 Å². The second kappa shape index (κ2) is 8.08. The highest BCUT2D eigenvalue weighted by atomic mass is 16.6. The van der Waals surface area contributed by atoms with Crippen LogP contribution >= 0.6 is 0 Å². The van der Waals surface area contributed by atoms with Crippen molar-refractivity contribution < 1.29 is 9.47 Å². The SMILES string of the molecule is CCCNC(CC)CCCOC1COC1. The average Bonchev–Trinajstić information content (AvgIpc) is 2.19. The third-order valence-corrected chi connectivity index (χ3v) is 2.83. The molecule has 3 nitrogen and oxygen atoms in total. The Morgan fingerprint density at radius 1 is 1.40 bits per heavy atom. The van der Waals surface area contributed by atoms with Gasteiger partial charge in [0.1, 0.15) is 6.10 Å². The highest BCUT2D eigenvalue weighted by molar-refractivity contribution is 4.66. The van der Waals surface area contributed by atoms with Gasteiger partial charge in [-0.25, -0.2) is 0 Å². The van der Waals surface area contributed by atoms with Crippen LogP contribution in [0.15, 0.2) is 0 Å². The van der Waals surface area contributed by atoms with E-state index in [2.05, 4.69) is 19.2 Å². The molecule has 3 heteroatoms. The van der Waals surface area contributed by atoms with Gasteiger partial charge in [-0.15, -0.1) is 0 Å². The molecule has 0 radical (unpaired) electrons. The number of hydrogen-bond acceptors (Lipinski definition) is 3. The van der Waals surface area contributed by atoms with Gasteiger partial charge in [0.2, 0.25) is 0 Å². The molecule has 0 spiro atoms. The van der Waals surface area contributed by atoms with Crippen LogP contribution in [0.3, 0.4) is 0 Å². The highest BCUT2D eigenvalue weighted by Gasteiger charge is 2.18. The van der Waals surface area contributed by atoms with Crippen LogP contribution in [0.1, 0.15) is 39.5 Å². The Bertz CT molecular complexity index is 149. The second-order valence-electron chi connectivity index (χ2n) is 4.23. The maximum Gasteiger partial charge on any atom is 0.104 e. The zero-order valence-corrected chi connectivity index (χ0v) is 10.1. The lowest BCUT2D eigenvalue weighted by molar-refractivity contribution is -0.130. The maximum atomic E-state index is 5.62. The fourth-order valence-electron chi connectivity index (χ4n) is 1.69. The summed E-state index contributed by atoms with van der Waals surface area (Å²) < 4.78 is 10.7. The Kier molecular flexibility index (Phi) is 6.98. The third kappa shape index (κ3) is 5.50. The van der Waals surface area contributed by atoms with Crippen LogP contribution in [0.2, 0.25) is 0 Å². The van der Waals surface area contributed by atoms with Crippen LogP contribution in [-0.4, -0.2) is 38.5 Å². The lowest BCUT2D eigenvalue weighted by atomic mass is 10.1. The maximum absolute atomic E-state index is 5.62. The van der Waals surface area contributed by atoms with Crippen molar-refractivity contribution >= 4 is 0 Å². The summed E-state index contributed by atoms with van der Waals surface area (Å²) in [6.45, 7) is 8.07. The van der Waals surface area contributed by atoms with E-state index in [4.69, 9.17) is 9.47 Å². The largest absolute Gasteiger partial charge is 0.376 e. The summed E-state index contributed by atoms with van der Waals surface area (Å²) >= 11 is 0. The van der Waals surface area contributed by atoms with Crippen LogP contribution in [0.25, 0.3) is 0 Å². The van der Waals surface area contributed by atoms with Crippen LogP contribution < -0.4 is 5.32 Å². The van der Waals surface area contributed by atoms with Crippen molar-refractivity contribution in [3.63, 3.8) is 0 Å². The minimum absolute atomic E-state index is 0.383. The van der Waals surface area contributed by atoms with Crippen molar-refractivity contribution in [2.75, 3.05) is 26.4 Å². The molecule has 0 aliphatic carbocycles. The minimum Gasteiger partial charge on any atom is -0.376 e. The van der Waals surface area contributed by atoms with E-state index < -0.39 is 0 Å². The lowest BCUT2D eigenvalue weighted by Gasteiger charge is -2.26. The van der Waals surface area contributed by atoms with Crippen LogP contribution in [-0.2, 0) is 9.47 Å². The summed E-state index contributed by atoms with van der Waals surface area (Å²) in [7, 11) is 0. The number of hydrogen-bond donors (Lipinski definition) is 1. The Morgan fingerprint density at radius 3 is 2.73 bits per heavy atom. The molecular formula is C12H25NO2. The van der Waals surface area contributed by atoms with E-state index in [-0.39, 0.29) is 0 Å². The number of ether oxygens (including phenoxy) is 2. The Labute approximate surface area is 93.5 Å². The Morgan fingerprint density at radius 2 is 2.20 bits per heavy atom. The van der Waals surface area contributed by atoms with Crippen molar-refractivity contribution in [2.24, 2.45) is 0 Å². The zero-order valence-electron chi connectivity index (χ0n) is 10.1. The summed E-state index contributed by atoms with van der Waals surface area (Å²) in [6.07, 6.45) is 5.20. The van der Waals surface area contributed by atoms with Gasteiger partial charge in [-0.05, 0) is 32.2 Å². The fraction of sp³-hybridized carbons (Fsp3) is 1.00. The highest BCUT2D eigenvalue weighted by Crippen LogP contribution is 2.08. The molecule has 0 aromatic heterocycles. The average molecular weight is 215 g/mol. The molecule has 1 heterocycles. The third-order valence-electron chi connectivity index (χ3n) is 2.83. The number of nitrogens with one attached hydrogen (secondary N) is 1. The molecule has 1 unspecified atom stereocenters. The van der Waals surface area contributed by atoms with Gasteiger partial charge in [-0.1, -0.05) is 13.8 Å². The van der Waals surface area contributed by atoms with E-state index in [1.807, 2.05) is 0 Å². The molecule has 0 amide bonds. The standard InChI is InChI=1S/C12H25NO2/c1-3-7-13-11(4-2)6-5-8-15-12-9-14-10-12/h11-13H,3-10H2,1-2H3. The molecule has 1 fully saturated rings. The predicted octanol–water partition coefficient (Wildman–Crippen LogP) is 1.96. The summed E-state index contributed by atoms with van der Waals surface area (Å²) in [5, 5.41) is 3.55. The zero-order chi connectivity index (χ0) is 10.9. The number of rotatable bonds is 9. The van der Waals surface area contributed by atoms with Crippen molar-refractivity contribution in [3.8, 4) is 0 Å². The minimum atomic E-state index is 0.383. The smallest absolute Gasteiger partial charge is 0.104 e. The normalized spacial score (nSPS) is 18.8. The van der Waals surface area contributed by atoms with Gasteiger partial charge in [0.25, 0.3) is 0 Å². The Hall–Kier alpha value is -0.120. The van der Waals surface area contributed by atoms with Crippen LogP contribution in [0, 0.1) is 0 Å². The van der Waals surface area contributed by atoms with Gasteiger partial charge < -0.3 is 14.8 Å². The summed E-state index contributed by atoms with van der Waals surface area (Å²) in [5.74, 6) is 0. The van der Waals surface area contributed by atoms with Gasteiger partial charge in [0.05, 0.1) is 13.2 Å². The molecule has 90 valence electrons. The van der Waals surface area contributed by atoms with E-state index in [9.17, 15) is 0 Å². The lowest BCUT2D eigenvalue weighted by Crippen LogP contribution is -2.36. The molecular weight excluding hydrogens is 190 g/mol. The van der Waals surface area contributed by atoms with Crippen molar-refractivity contribution in [3.05, 3.63) is 0 Å². The van der Waals surface area contributed by atoms with Gasteiger partial charge in [0, 0.05) is 12.6 Å². The molecule has 1 atom stereocenters. The summed E-state index contributed by atoms with van der Waals surface area (Å²) in [6, 6.07) is 0.672. The summed E-state index contributed by atoms with van der Waals surface area (Å²) in [4.78, 5) is 0. The van der Waals surface area contributed by atoms with E-state index >= 15 is 0 Å². The first-order valence-corrected chi connectivity index (χ1v) is 6.29. The first kappa shape index (κ1) is 12.9. The van der Waals surface area contributed by atoms with Crippen molar-refractivity contribution in [1.29, 1.82) is 0 Å². The molecule has 1 N–H and O–H groups in total. The molecule has 0 bridgehead atoms. The first-order valence-electron chi connectivity index (χ1n) is 6.29. The molecule has 0 aromatic rings. The fourth-order valence-corrected chi connectivity index (χ4v) is 1.69. The molecule has 1 saturated heterocycles. The van der Waals surface area contributed by atoms with E-state index in [0.717, 1.165) is 32.8 Å². The molecule has 0 aromatic carbocycles. The molecule has 0 saturated carbocycles. The second-order valence-corrected chi connectivity index (χ2v) is 4.23. The van der Waals surface area contributed by atoms with Gasteiger partial charge in [0.15, 0.2) is 0 Å². The Balaban J connectivity index is 1.90. The van der Waals surface area contributed by atoms with Crippen molar-refractivity contribution in [1.82, 2.24) is 5.32 Å². The molecule has 1 aliphatic rings. The monoisotopic (exact) mass is 215 g/mol. The van der Waals surface area contributed by atoms with E-state index in [1.165, 1.54) is 19.3 Å². The topological polar surface area (TPSA) is 30.5 Å². The van der Waals surface area contributed by atoms with E-state index in [1.54, 1.807) is 0 Å². The van der Waals surface area contributed by atoms with Crippen LogP contribution in [0.5, 0.6) is 0 Å².